The minimum absolute atomic E-state index is 0.0811. The third-order valence-electron chi connectivity index (χ3n) is 3.35. The van der Waals surface area contributed by atoms with Crippen LogP contribution in [0.1, 0.15) is 34.1 Å². The van der Waals surface area contributed by atoms with E-state index in [1.807, 2.05) is 20.8 Å². The SMILES string of the molecule is CCC(C)(C(=O)NC(COC)C(C)C)C(N)=NO. The van der Waals surface area contributed by atoms with Crippen molar-refractivity contribution >= 4 is 11.7 Å². The van der Waals surface area contributed by atoms with Crippen molar-refractivity contribution in [3.63, 3.8) is 0 Å². The molecule has 0 aromatic rings. The maximum absolute atomic E-state index is 12.2. The number of nitrogens with zero attached hydrogens (tertiary/aromatic N) is 1. The number of amides is 1. The van der Waals surface area contributed by atoms with Crippen LogP contribution in [0.15, 0.2) is 5.16 Å². The fourth-order valence-corrected chi connectivity index (χ4v) is 1.48. The number of nitrogens with two attached hydrogens (primary N) is 1. The van der Waals surface area contributed by atoms with Crippen molar-refractivity contribution in [3.05, 3.63) is 0 Å². The van der Waals surface area contributed by atoms with E-state index < -0.39 is 5.41 Å². The number of carbonyl (C=O) groups excluding carboxylic acids is 1. The number of nitrogens with one attached hydrogen (secondary N) is 1. The molecule has 0 aliphatic heterocycles. The fourth-order valence-electron chi connectivity index (χ4n) is 1.48. The molecule has 0 aliphatic carbocycles. The lowest BCUT2D eigenvalue weighted by Crippen LogP contribution is -2.52. The molecule has 18 heavy (non-hydrogen) atoms. The molecule has 4 N–H and O–H groups in total. The van der Waals surface area contributed by atoms with Gasteiger partial charge < -0.3 is 21.0 Å². The summed E-state index contributed by atoms with van der Waals surface area (Å²) in [5.41, 5.74) is 4.59. The van der Waals surface area contributed by atoms with Gasteiger partial charge in [-0.25, -0.2) is 0 Å². The van der Waals surface area contributed by atoms with E-state index in [-0.39, 0.29) is 23.7 Å². The van der Waals surface area contributed by atoms with Crippen LogP contribution in [0, 0.1) is 11.3 Å². The Bertz CT molecular complexity index is 305. The molecule has 0 aromatic carbocycles. The van der Waals surface area contributed by atoms with Crippen LogP contribution in [0.4, 0.5) is 0 Å². The van der Waals surface area contributed by atoms with Crippen molar-refractivity contribution < 1.29 is 14.7 Å². The zero-order valence-electron chi connectivity index (χ0n) is 11.9. The first-order chi connectivity index (χ1) is 8.33. The average molecular weight is 259 g/mol. The summed E-state index contributed by atoms with van der Waals surface area (Å²) >= 11 is 0. The van der Waals surface area contributed by atoms with E-state index in [2.05, 4.69) is 10.5 Å². The van der Waals surface area contributed by atoms with Crippen LogP contribution in [-0.4, -0.2) is 36.7 Å². The summed E-state index contributed by atoms with van der Waals surface area (Å²) < 4.78 is 5.07. The largest absolute Gasteiger partial charge is 0.409 e. The second-order valence-corrected chi connectivity index (χ2v) is 4.95. The Kier molecular flexibility index (Phi) is 6.68. The van der Waals surface area contributed by atoms with Crippen LogP contribution in [0.2, 0.25) is 0 Å². The van der Waals surface area contributed by atoms with Gasteiger partial charge in [-0.2, -0.15) is 0 Å². The molecule has 2 unspecified atom stereocenters. The number of methoxy groups -OCH3 is 1. The second-order valence-electron chi connectivity index (χ2n) is 4.95. The number of hydrogen-bond acceptors (Lipinski definition) is 4. The van der Waals surface area contributed by atoms with Gasteiger partial charge in [0, 0.05) is 7.11 Å². The summed E-state index contributed by atoms with van der Waals surface area (Å²) in [5.74, 6) is -0.0965. The molecule has 6 heteroatoms. The zero-order chi connectivity index (χ0) is 14.3. The fraction of sp³-hybridized carbons (Fsp3) is 0.833. The quantitative estimate of drug-likeness (QED) is 0.274. The van der Waals surface area contributed by atoms with Crippen molar-refractivity contribution in [1.29, 1.82) is 0 Å². The van der Waals surface area contributed by atoms with Gasteiger partial charge in [-0.1, -0.05) is 25.9 Å². The van der Waals surface area contributed by atoms with Crippen LogP contribution in [-0.2, 0) is 9.53 Å². The maximum Gasteiger partial charge on any atom is 0.233 e. The van der Waals surface area contributed by atoms with Crippen molar-refractivity contribution in [2.45, 2.75) is 40.2 Å². The first-order valence-electron chi connectivity index (χ1n) is 6.11. The minimum Gasteiger partial charge on any atom is -0.409 e. The highest BCUT2D eigenvalue weighted by Gasteiger charge is 2.37. The lowest BCUT2D eigenvalue weighted by molar-refractivity contribution is -0.128. The molecule has 0 bridgehead atoms. The molecule has 106 valence electrons. The Morgan fingerprint density at radius 3 is 2.44 bits per heavy atom. The summed E-state index contributed by atoms with van der Waals surface area (Å²) in [6, 6.07) is -0.0973. The lowest BCUT2D eigenvalue weighted by atomic mass is 9.84. The van der Waals surface area contributed by atoms with E-state index in [0.29, 0.717) is 13.0 Å². The van der Waals surface area contributed by atoms with Gasteiger partial charge in [0.2, 0.25) is 5.91 Å². The van der Waals surface area contributed by atoms with Crippen LogP contribution >= 0.6 is 0 Å². The highest BCUT2D eigenvalue weighted by molar-refractivity contribution is 6.06. The van der Waals surface area contributed by atoms with Gasteiger partial charge in [-0.3, -0.25) is 4.79 Å². The number of oxime groups is 1. The first-order valence-corrected chi connectivity index (χ1v) is 6.11. The molecule has 0 aromatic heterocycles. The normalized spacial score (nSPS) is 17.3. The third kappa shape index (κ3) is 3.87. The van der Waals surface area contributed by atoms with Crippen LogP contribution in [0.25, 0.3) is 0 Å². The predicted octanol–water partition coefficient (Wildman–Crippen LogP) is 0.936. The minimum atomic E-state index is -1.00. The molecule has 2 atom stereocenters. The molecular formula is C12H25N3O3. The van der Waals surface area contributed by atoms with E-state index in [1.54, 1.807) is 14.0 Å². The first kappa shape index (κ1) is 16.7. The smallest absolute Gasteiger partial charge is 0.233 e. The van der Waals surface area contributed by atoms with Crippen LogP contribution < -0.4 is 11.1 Å². The second kappa shape index (κ2) is 7.20. The number of amidine groups is 1. The van der Waals surface area contributed by atoms with E-state index in [9.17, 15) is 4.79 Å². The molecule has 0 aliphatic rings. The van der Waals surface area contributed by atoms with Gasteiger partial charge in [0.25, 0.3) is 0 Å². The van der Waals surface area contributed by atoms with Crippen molar-refractivity contribution in [2.24, 2.45) is 22.2 Å². The summed E-state index contributed by atoms with van der Waals surface area (Å²) in [4.78, 5) is 12.2. The topological polar surface area (TPSA) is 96.9 Å². The van der Waals surface area contributed by atoms with Gasteiger partial charge >= 0.3 is 0 Å². The summed E-state index contributed by atoms with van der Waals surface area (Å²) in [7, 11) is 1.59. The van der Waals surface area contributed by atoms with Crippen molar-refractivity contribution in [2.75, 3.05) is 13.7 Å². The summed E-state index contributed by atoms with van der Waals surface area (Å²) in [6.07, 6.45) is 0.451. The van der Waals surface area contributed by atoms with Gasteiger partial charge in [0.05, 0.1) is 12.6 Å². The van der Waals surface area contributed by atoms with Gasteiger partial charge in [0.15, 0.2) is 5.84 Å². The van der Waals surface area contributed by atoms with Crippen molar-refractivity contribution in [1.82, 2.24) is 5.32 Å². The monoisotopic (exact) mass is 259 g/mol. The third-order valence-corrected chi connectivity index (χ3v) is 3.35. The number of hydrogen-bond donors (Lipinski definition) is 3. The van der Waals surface area contributed by atoms with E-state index in [1.165, 1.54) is 0 Å². The molecule has 0 saturated carbocycles. The average Bonchev–Trinajstić information content (AvgIpc) is 2.35. The lowest BCUT2D eigenvalue weighted by Gasteiger charge is -2.29. The highest BCUT2D eigenvalue weighted by atomic mass is 16.5. The van der Waals surface area contributed by atoms with Gasteiger partial charge in [-0.15, -0.1) is 0 Å². The highest BCUT2D eigenvalue weighted by Crippen LogP contribution is 2.22. The molecule has 0 radical (unpaired) electrons. The zero-order valence-corrected chi connectivity index (χ0v) is 11.9. The van der Waals surface area contributed by atoms with Gasteiger partial charge in [0.1, 0.15) is 5.41 Å². The van der Waals surface area contributed by atoms with Crippen molar-refractivity contribution in [3.8, 4) is 0 Å². The molecule has 0 fully saturated rings. The standard InChI is InChI=1S/C12H25N3O3/c1-6-12(4,10(13)15-17)11(16)14-9(7-18-5)8(2)3/h8-9,17H,6-7H2,1-5H3,(H2,13,15)(H,14,16). The molecule has 1 amide bonds. The molecule has 6 nitrogen and oxygen atoms in total. The van der Waals surface area contributed by atoms with Crippen LogP contribution in [0.5, 0.6) is 0 Å². The predicted molar refractivity (Wildman–Crippen MR) is 70.5 cm³/mol. The Morgan fingerprint density at radius 1 is 1.56 bits per heavy atom. The summed E-state index contributed by atoms with van der Waals surface area (Å²) in [5, 5.41) is 14.6. The molecule has 0 heterocycles. The Labute approximate surface area is 109 Å². The molecule has 0 saturated heterocycles. The Morgan fingerprint density at radius 2 is 2.11 bits per heavy atom. The van der Waals surface area contributed by atoms with E-state index in [4.69, 9.17) is 15.7 Å². The number of rotatable bonds is 7. The molecule has 0 spiro atoms. The number of carbonyl (C=O) groups is 1. The Hall–Kier alpha value is -1.30. The molecule has 0 rings (SSSR count). The maximum atomic E-state index is 12.2. The number of ether oxygens (including phenoxy) is 1. The summed E-state index contributed by atoms with van der Waals surface area (Å²) in [6.45, 7) is 7.90. The van der Waals surface area contributed by atoms with E-state index in [0.717, 1.165) is 0 Å². The van der Waals surface area contributed by atoms with Gasteiger partial charge in [-0.05, 0) is 19.3 Å². The Balaban J connectivity index is 4.91. The van der Waals surface area contributed by atoms with Crippen LogP contribution in [0.3, 0.4) is 0 Å². The molecular weight excluding hydrogens is 234 g/mol. The van der Waals surface area contributed by atoms with E-state index >= 15 is 0 Å².